The molecule has 0 aromatic heterocycles. The van der Waals surface area contributed by atoms with Crippen LogP contribution in [0.4, 0.5) is 0 Å². The Morgan fingerprint density at radius 3 is 0.797 bits per heavy atom. The standard InChI is InChI=1S/C73H124O6/c1-4-7-10-13-16-19-22-25-28-30-32-33-34-35-36-37-38-39-41-42-45-48-51-54-57-60-63-66-72(75)78-69-70(68-77-71(74)65-62-59-56-53-50-47-44-27-24-21-18-15-12-9-6-3)79-73(76)67-64-61-58-55-52-49-46-43-40-31-29-26-23-20-17-14-11-8-5-2/h7,10,16-17,19-20,25-26,28-29,32-33,35-36,38-40,43,70H,4-6,8-9,11-15,18,21-24,27,30-31,34,37,41-42,44-69H2,1-3H3/b10-7-,19-16-,20-17-,28-25-,29-26-,33-32-,36-35-,39-38-,43-40-. The quantitative estimate of drug-likeness (QED) is 0.0261. The zero-order valence-electron chi connectivity index (χ0n) is 51.9. The van der Waals surface area contributed by atoms with Crippen LogP contribution in [0.5, 0.6) is 0 Å². The van der Waals surface area contributed by atoms with Crippen LogP contribution >= 0.6 is 0 Å². The Balaban J connectivity index is 4.38. The van der Waals surface area contributed by atoms with E-state index in [-0.39, 0.29) is 31.1 Å². The molecule has 0 saturated heterocycles. The highest BCUT2D eigenvalue weighted by atomic mass is 16.6. The van der Waals surface area contributed by atoms with E-state index in [1.807, 2.05) is 0 Å². The summed E-state index contributed by atoms with van der Waals surface area (Å²) in [6.07, 6.45) is 90.9. The lowest BCUT2D eigenvalue weighted by Crippen LogP contribution is -2.30. The van der Waals surface area contributed by atoms with Gasteiger partial charge in [-0.05, 0) is 109 Å². The minimum Gasteiger partial charge on any atom is -0.462 e. The van der Waals surface area contributed by atoms with Crippen LogP contribution in [0.15, 0.2) is 109 Å². The highest BCUT2D eigenvalue weighted by molar-refractivity contribution is 5.71. The summed E-state index contributed by atoms with van der Waals surface area (Å²) < 4.78 is 17.0. The number of esters is 3. The predicted octanol–water partition coefficient (Wildman–Crippen LogP) is 23.0. The second kappa shape index (κ2) is 66.6. The molecule has 1 atom stereocenters. The first-order valence-electron chi connectivity index (χ1n) is 33.4. The van der Waals surface area contributed by atoms with Crippen molar-refractivity contribution in [3.8, 4) is 0 Å². The van der Waals surface area contributed by atoms with Crippen LogP contribution in [0.2, 0.25) is 0 Å². The molecule has 79 heavy (non-hydrogen) atoms. The van der Waals surface area contributed by atoms with Gasteiger partial charge < -0.3 is 14.2 Å². The minimum atomic E-state index is -0.790. The number of carbonyl (C=O) groups is 3. The van der Waals surface area contributed by atoms with Crippen LogP contribution in [-0.2, 0) is 28.6 Å². The molecule has 1 unspecified atom stereocenters. The molecule has 0 fully saturated rings. The minimum absolute atomic E-state index is 0.0841. The molecule has 6 heteroatoms. The third kappa shape index (κ3) is 64.8. The van der Waals surface area contributed by atoms with Gasteiger partial charge in [-0.25, -0.2) is 0 Å². The van der Waals surface area contributed by atoms with E-state index in [9.17, 15) is 14.4 Å². The van der Waals surface area contributed by atoms with Gasteiger partial charge in [0, 0.05) is 19.3 Å². The summed E-state index contributed by atoms with van der Waals surface area (Å²) in [7, 11) is 0. The number of allylic oxidation sites excluding steroid dienone is 18. The first-order valence-corrected chi connectivity index (χ1v) is 33.4. The van der Waals surface area contributed by atoms with Crippen LogP contribution < -0.4 is 0 Å². The third-order valence-corrected chi connectivity index (χ3v) is 14.3. The van der Waals surface area contributed by atoms with Gasteiger partial charge in [-0.2, -0.15) is 0 Å². The van der Waals surface area contributed by atoms with Crippen LogP contribution in [0.3, 0.4) is 0 Å². The van der Waals surface area contributed by atoms with E-state index >= 15 is 0 Å². The molecule has 0 spiro atoms. The van der Waals surface area contributed by atoms with Gasteiger partial charge >= 0.3 is 17.9 Å². The second-order valence-electron chi connectivity index (χ2n) is 22.0. The fourth-order valence-corrected chi connectivity index (χ4v) is 9.28. The van der Waals surface area contributed by atoms with E-state index in [2.05, 4.69) is 130 Å². The Bertz CT molecular complexity index is 1590. The summed E-state index contributed by atoms with van der Waals surface area (Å²) in [6, 6.07) is 0. The number of ether oxygens (including phenoxy) is 3. The number of hydrogen-bond acceptors (Lipinski definition) is 6. The number of carbonyl (C=O) groups excluding carboxylic acids is 3. The molecule has 0 N–H and O–H groups in total. The monoisotopic (exact) mass is 1100 g/mol. The molecule has 452 valence electrons. The largest absolute Gasteiger partial charge is 0.462 e. The normalized spacial score (nSPS) is 12.8. The van der Waals surface area contributed by atoms with E-state index in [1.165, 1.54) is 148 Å². The van der Waals surface area contributed by atoms with E-state index in [0.717, 1.165) is 128 Å². The lowest BCUT2D eigenvalue weighted by molar-refractivity contribution is -0.167. The number of hydrogen-bond donors (Lipinski definition) is 0. The maximum absolute atomic E-state index is 12.9. The van der Waals surface area contributed by atoms with Crippen LogP contribution in [0.1, 0.15) is 316 Å². The second-order valence-corrected chi connectivity index (χ2v) is 22.0. The zero-order chi connectivity index (χ0) is 57.1. The van der Waals surface area contributed by atoms with Crippen molar-refractivity contribution in [2.45, 2.75) is 322 Å². The first-order chi connectivity index (χ1) is 39.0. The lowest BCUT2D eigenvalue weighted by Gasteiger charge is -2.18. The molecule has 0 radical (unpaired) electrons. The molecule has 0 heterocycles. The van der Waals surface area contributed by atoms with Crippen LogP contribution in [-0.4, -0.2) is 37.2 Å². The molecule has 0 aromatic rings. The summed E-state index contributed by atoms with van der Waals surface area (Å²) in [5.74, 6) is -0.894. The molecule has 0 saturated carbocycles. The lowest BCUT2D eigenvalue weighted by atomic mass is 10.0. The Morgan fingerprint density at radius 1 is 0.266 bits per heavy atom. The van der Waals surface area contributed by atoms with Gasteiger partial charge in [-0.1, -0.05) is 297 Å². The van der Waals surface area contributed by atoms with E-state index in [1.54, 1.807) is 0 Å². The van der Waals surface area contributed by atoms with Gasteiger partial charge in [0.15, 0.2) is 6.10 Å². The van der Waals surface area contributed by atoms with Gasteiger partial charge in [0.1, 0.15) is 13.2 Å². The Kier molecular flexibility index (Phi) is 63.3. The van der Waals surface area contributed by atoms with Crippen LogP contribution in [0.25, 0.3) is 0 Å². The van der Waals surface area contributed by atoms with E-state index < -0.39 is 6.10 Å². The molecule has 0 rings (SSSR count). The average Bonchev–Trinajstić information content (AvgIpc) is 3.45. The predicted molar refractivity (Wildman–Crippen MR) is 343 cm³/mol. The Morgan fingerprint density at radius 2 is 0.494 bits per heavy atom. The molecule has 0 aromatic carbocycles. The van der Waals surface area contributed by atoms with E-state index in [4.69, 9.17) is 14.2 Å². The fourth-order valence-electron chi connectivity index (χ4n) is 9.28. The highest BCUT2D eigenvalue weighted by Crippen LogP contribution is 2.16. The van der Waals surface area contributed by atoms with Crippen molar-refractivity contribution in [1.82, 2.24) is 0 Å². The van der Waals surface area contributed by atoms with Crippen molar-refractivity contribution in [2.24, 2.45) is 0 Å². The number of rotatable bonds is 60. The van der Waals surface area contributed by atoms with Crippen molar-refractivity contribution < 1.29 is 28.6 Å². The first kappa shape index (κ1) is 75.1. The SMILES string of the molecule is CC/C=C\C/C=C\C/C=C\C/C=C\C/C=C\C/C=C\CCCCCCCCCCC(=O)OCC(COC(=O)CCCCCCCCCCCCCCCCC)OC(=O)CCCCCCCC/C=C\C/C=C\C/C=C\CCCCC. The summed E-state index contributed by atoms with van der Waals surface area (Å²) in [4.78, 5) is 38.4. The van der Waals surface area contributed by atoms with Crippen molar-refractivity contribution in [3.05, 3.63) is 109 Å². The van der Waals surface area contributed by atoms with Gasteiger partial charge in [0.05, 0.1) is 0 Å². The summed E-state index contributed by atoms with van der Waals surface area (Å²) in [5, 5.41) is 0. The van der Waals surface area contributed by atoms with Gasteiger partial charge in [-0.3, -0.25) is 14.4 Å². The maximum Gasteiger partial charge on any atom is 0.306 e. The molecule has 0 bridgehead atoms. The van der Waals surface area contributed by atoms with Crippen LogP contribution in [0, 0.1) is 0 Å². The van der Waals surface area contributed by atoms with Gasteiger partial charge in [-0.15, -0.1) is 0 Å². The molecular weight excluding hydrogens is 973 g/mol. The molecular formula is C73H124O6. The fraction of sp³-hybridized carbons (Fsp3) is 0.712. The van der Waals surface area contributed by atoms with Crippen molar-refractivity contribution >= 4 is 17.9 Å². The Hall–Kier alpha value is -3.93. The number of unbranched alkanes of at least 4 members (excludes halogenated alkanes) is 31. The molecule has 0 aliphatic carbocycles. The smallest absolute Gasteiger partial charge is 0.306 e. The average molecular weight is 1100 g/mol. The van der Waals surface area contributed by atoms with Crippen molar-refractivity contribution in [2.75, 3.05) is 13.2 Å². The van der Waals surface area contributed by atoms with Crippen molar-refractivity contribution in [3.63, 3.8) is 0 Å². The summed E-state index contributed by atoms with van der Waals surface area (Å²) in [5.41, 5.74) is 0. The van der Waals surface area contributed by atoms with Gasteiger partial charge in [0.2, 0.25) is 0 Å². The molecule has 6 nitrogen and oxygen atoms in total. The molecule has 0 amide bonds. The molecule has 0 aliphatic rings. The highest BCUT2D eigenvalue weighted by Gasteiger charge is 2.19. The third-order valence-electron chi connectivity index (χ3n) is 14.3. The summed E-state index contributed by atoms with van der Waals surface area (Å²) in [6.45, 7) is 6.51. The molecule has 0 aliphatic heterocycles. The Labute approximate surface area is 489 Å². The van der Waals surface area contributed by atoms with Gasteiger partial charge in [0.25, 0.3) is 0 Å². The van der Waals surface area contributed by atoms with Crippen molar-refractivity contribution in [1.29, 1.82) is 0 Å². The zero-order valence-corrected chi connectivity index (χ0v) is 51.9. The topological polar surface area (TPSA) is 78.9 Å². The van der Waals surface area contributed by atoms with E-state index in [0.29, 0.717) is 19.3 Å². The summed E-state index contributed by atoms with van der Waals surface area (Å²) >= 11 is 0. The maximum atomic E-state index is 12.9.